The highest BCUT2D eigenvalue weighted by Crippen LogP contribution is 2.21. The molecule has 0 radical (unpaired) electrons. The molecule has 0 aliphatic heterocycles. The van der Waals surface area contributed by atoms with E-state index in [-0.39, 0.29) is 6.42 Å². The van der Waals surface area contributed by atoms with Crippen LogP contribution in [0.2, 0.25) is 0 Å². The summed E-state index contributed by atoms with van der Waals surface area (Å²) in [5.41, 5.74) is 8.23. The summed E-state index contributed by atoms with van der Waals surface area (Å²) in [5.74, 6) is 1.89. The minimum absolute atomic E-state index is 0.270. The second kappa shape index (κ2) is 12.1. The van der Waals surface area contributed by atoms with Gasteiger partial charge in [0.15, 0.2) is 17.5 Å². The first-order valence-electron chi connectivity index (χ1n) is 11.5. The summed E-state index contributed by atoms with van der Waals surface area (Å²) in [6.07, 6.45) is 3.00. The van der Waals surface area contributed by atoms with Crippen LogP contribution >= 0.6 is 0 Å². The van der Waals surface area contributed by atoms with Gasteiger partial charge in [0.1, 0.15) is 11.5 Å². The van der Waals surface area contributed by atoms with E-state index in [1.807, 2.05) is 48.5 Å². The van der Waals surface area contributed by atoms with Crippen molar-refractivity contribution in [3.63, 3.8) is 0 Å². The number of hydrogen-bond donors (Lipinski definition) is 4. The highest BCUT2D eigenvalue weighted by atomic mass is 16.5. The Labute approximate surface area is 202 Å². The number of nitrogens with zero attached hydrogens (tertiary/aromatic N) is 5. The minimum Gasteiger partial charge on any atom is -0.494 e. The van der Waals surface area contributed by atoms with E-state index in [2.05, 4.69) is 25.6 Å². The molecule has 2 aromatic carbocycles. The normalized spacial score (nSPS) is 11.2. The van der Waals surface area contributed by atoms with Crippen molar-refractivity contribution in [2.75, 3.05) is 25.1 Å². The van der Waals surface area contributed by atoms with Gasteiger partial charge < -0.3 is 30.7 Å². The number of fused-ring (bicyclic) bond motifs is 1. The zero-order valence-corrected chi connectivity index (χ0v) is 19.2. The fraction of sp³-hybridized carbons (Fsp3) is 0.333. The number of rotatable bonds is 13. The highest BCUT2D eigenvalue weighted by molar-refractivity contribution is 5.72. The number of anilines is 2. The minimum atomic E-state index is -1.31. The third kappa shape index (κ3) is 6.85. The molecule has 0 amide bonds. The molecule has 0 aliphatic rings. The van der Waals surface area contributed by atoms with Crippen molar-refractivity contribution in [2.24, 2.45) is 5.73 Å². The largest absolute Gasteiger partial charge is 0.494 e. The van der Waals surface area contributed by atoms with Gasteiger partial charge in [0.05, 0.1) is 25.1 Å². The molecule has 0 saturated carbocycles. The maximum atomic E-state index is 8.90. The lowest BCUT2D eigenvalue weighted by Crippen LogP contribution is -2.07. The van der Waals surface area contributed by atoms with Crippen molar-refractivity contribution in [3.8, 4) is 17.2 Å². The fourth-order valence-electron chi connectivity index (χ4n) is 3.30. The lowest BCUT2D eigenvalue weighted by molar-refractivity contribution is -0.0479. The van der Waals surface area contributed by atoms with Gasteiger partial charge in [-0.25, -0.2) is 4.98 Å². The van der Waals surface area contributed by atoms with E-state index in [9.17, 15) is 0 Å². The van der Waals surface area contributed by atoms with Crippen LogP contribution in [0.15, 0.2) is 54.7 Å². The second-order valence-electron chi connectivity index (χ2n) is 7.86. The summed E-state index contributed by atoms with van der Waals surface area (Å²) in [7, 11) is 0. The maximum Gasteiger partial charge on any atom is 0.229 e. The van der Waals surface area contributed by atoms with Gasteiger partial charge in [0, 0.05) is 12.1 Å². The van der Waals surface area contributed by atoms with Gasteiger partial charge in [-0.1, -0.05) is 5.21 Å². The number of nitrogens with one attached hydrogen (secondary N) is 1. The average Bonchev–Trinajstić information content (AvgIpc) is 3.29. The highest BCUT2D eigenvalue weighted by Gasteiger charge is 2.11. The van der Waals surface area contributed by atoms with Gasteiger partial charge in [-0.3, -0.25) is 0 Å². The first-order chi connectivity index (χ1) is 17.1. The van der Waals surface area contributed by atoms with Gasteiger partial charge in [-0.2, -0.15) is 9.67 Å². The van der Waals surface area contributed by atoms with Crippen LogP contribution in [0.25, 0.3) is 16.9 Å². The fourth-order valence-corrected chi connectivity index (χ4v) is 3.30. The molecule has 4 rings (SSSR count). The molecule has 0 aliphatic carbocycles. The molecule has 0 fully saturated rings. The van der Waals surface area contributed by atoms with E-state index in [4.69, 9.17) is 25.4 Å². The lowest BCUT2D eigenvalue weighted by atomic mass is 10.3. The van der Waals surface area contributed by atoms with Gasteiger partial charge >= 0.3 is 0 Å². The summed E-state index contributed by atoms with van der Waals surface area (Å²) in [4.78, 5) is 8.93. The van der Waals surface area contributed by atoms with E-state index in [0.29, 0.717) is 49.0 Å². The smallest absolute Gasteiger partial charge is 0.229 e. The van der Waals surface area contributed by atoms with Gasteiger partial charge in [-0.05, 0) is 74.3 Å². The van der Waals surface area contributed by atoms with Crippen molar-refractivity contribution in [2.45, 2.75) is 32.0 Å². The van der Waals surface area contributed by atoms with Crippen LogP contribution in [0.4, 0.5) is 11.6 Å². The summed E-state index contributed by atoms with van der Waals surface area (Å²) in [6, 6.07) is 14.9. The summed E-state index contributed by atoms with van der Waals surface area (Å²) >= 11 is 0. The topological polar surface area (TPSA) is 153 Å². The van der Waals surface area contributed by atoms with Crippen LogP contribution in [0.1, 0.15) is 25.7 Å². The summed E-state index contributed by atoms with van der Waals surface area (Å²) < 4.78 is 13.0. The Bertz CT molecular complexity index is 1200. The van der Waals surface area contributed by atoms with E-state index < -0.39 is 6.29 Å². The predicted octanol–water partition coefficient (Wildman–Crippen LogP) is 2.54. The molecule has 0 bridgehead atoms. The third-order valence-electron chi connectivity index (χ3n) is 5.13. The Balaban J connectivity index is 1.40. The van der Waals surface area contributed by atoms with E-state index in [1.165, 1.54) is 0 Å². The maximum absolute atomic E-state index is 8.90. The van der Waals surface area contributed by atoms with Gasteiger partial charge in [0.25, 0.3) is 0 Å². The molecule has 0 spiro atoms. The van der Waals surface area contributed by atoms with Crippen molar-refractivity contribution in [1.29, 1.82) is 0 Å². The molecule has 0 atom stereocenters. The Morgan fingerprint density at radius 3 is 2.29 bits per heavy atom. The van der Waals surface area contributed by atoms with Crippen molar-refractivity contribution in [1.82, 2.24) is 25.0 Å². The van der Waals surface area contributed by atoms with Gasteiger partial charge in [-0.15, -0.1) is 5.10 Å². The molecule has 35 heavy (non-hydrogen) atoms. The lowest BCUT2D eigenvalue weighted by Gasteiger charge is -2.09. The van der Waals surface area contributed by atoms with Crippen molar-refractivity contribution >= 4 is 22.8 Å². The molecule has 11 heteroatoms. The molecule has 0 unspecified atom stereocenters. The second-order valence-corrected chi connectivity index (χ2v) is 7.86. The quantitative estimate of drug-likeness (QED) is 0.166. The van der Waals surface area contributed by atoms with Gasteiger partial charge in [0.2, 0.25) is 5.95 Å². The number of nitrogens with two attached hydrogens (primary N) is 1. The Morgan fingerprint density at radius 2 is 1.60 bits per heavy atom. The zero-order chi connectivity index (χ0) is 24.5. The van der Waals surface area contributed by atoms with Crippen LogP contribution in [0.5, 0.6) is 11.5 Å². The first-order valence-corrected chi connectivity index (χ1v) is 11.5. The number of benzene rings is 2. The molecule has 11 nitrogen and oxygen atoms in total. The van der Waals surface area contributed by atoms with Crippen LogP contribution in [0, 0.1) is 0 Å². The first kappa shape index (κ1) is 24.3. The van der Waals surface area contributed by atoms with E-state index in [0.717, 1.165) is 30.0 Å². The molecule has 2 heterocycles. The molecule has 2 aromatic heterocycles. The Morgan fingerprint density at radius 1 is 0.914 bits per heavy atom. The molecule has 4 aromatic rings. The molecular formula is C24H29N7O4. The monoisotopic (exact) mass is 479 g/mol. The Hall–Kier alpha value is -3.80. The number of aliphatic hydroxyl groups is 2. The van der Waals surface area contributed by atoms with Crippen LogP contribution < -0.4 is 20.5 Å². The standard InChI is InChI=1S/C24H29N7O4/c25-13-1-2-14-34-19-9-5-17(6-10-19)27-24-26-16-21-23(28-24)31(30-29-21)18-7-11-20(12-8-18)35-15-3-4-22(32)33/h5-12,16,22,32-33H,1-4,13-15,25H2,(H,26,27,28). The number of ether oxygens (including phenoxy) is 2. The van der Waals surface area contributed by atoms with Crippen LogP contribution in [0.3, 0.4) is 0 Å². The third-order valence-corrected chi connectivity index (χ3v) is 5.13. The molecule has 184 valence electrons. The Kier molecular flexibility index (Phi) is 8.39. The number of aromatic nitrogens is 5. The molecular weight excluding hydrogens is 450 g/mol. The van der Waals surface area contributed by atoms with Crippen molar-refractivity contribution in [3.05, 3.63) is 54.7 Å². The number of unbranched alkanes of at least 4 members (excludes halogenated alkanes) is 1. The average molecular weight is 480 g/mol. The number of hydrogen-bond acceptors (Lipinski definition) is 10. The van der Waals surface area contributed by atoms with E-state index >= 15 is 0 Å². The molecule has 0 saturated heterocycles. The summed E-state index contributed by atoms with van der Waals surface area (Å²) in [6.45, 7) is 1.71. The van der Waals surface area contributed by atoms with Crippen LogP contribution in [-0.2, 0) is 0 Å². The molecule has 5 N–H and O–H groups in total. The van der Waals surface area contributed by atoms with E-state index in [1.54, 1.807) is 10.9 Å². The zero-order valence-electron chi connectivity index (χ0n) is 19.2. The summed E-state index contributed by atoms with van der Waals surface area (Å²) in [5, 5.41) is 29.3. The number of aliphatic hydroxyl groups excluding tert-OH is 1. The SMILES string of the molecule is NCCCCOc1ccc(Nc2ncc3nnn(-c4ccc(OCCCC(O)O)cc4)c3n2)cc1. The van der Waals surface area contributed by atoms with Crippen LogP contribution in [-0.4, -0.2) is 61.2 Å². The predicted molar refractivity (Wildman–Crippen MR) is 131 cm³/mol. The van der Waals surface area contributed by atoms with Crippen molar-refractivity contribution < 1.29 is 19.7 Å².